The van der Waals surface area contributed by atoms with Crippen molar-refractivity contribution in [3.8, 4) is 5.75 Å². The van der Waals surface area contributed by atoms with E-state index in [4.69, 9.17) is 16.3 Å². The number of thioether (sulfide) groups is 1. The van der Waals surface area contributed by atoms with E-state index in [1.807, 2.05) is 41.3 Å². The second-order valence-electron chi connectivity index (χ2n) is 9.09. The Hall–Kier alpha value is -2.51. The minimum atomic E-state index is 0.146. The summed E-state index contributed by atoms with van der Waals surface area (Å²) in [6, 6.07) is 18.3. The van der Waals surface area contributed by atoms with E-state index >= 15 is 0 Å². The molecule has 34 heavy (non-hydrogen) atoms. The zero-order valence-corrected chi connectivity index (χ0v) is 20.8. The number of carbonyl (C=O) groups excluding carboxylic acids is 1. The van der Waals surface area contributed by atoms with Gasteiger partial charge in [0.25, 0.3) is 0 Å². The first-order valence-corrected chi connectivity index (χ1v) is 13.2. The number of hydrogen-bond donors (Lipinski definition) is 0. The maximum Gasteiger partial charge on any atom is 0.233 e. The van der Waals surface area contributed by atoms with E-state index in [1.54, 1.807) is 6.07 Å². The molecule has 0 radical (unpaired) electrons. The Bertz CT molecular complexity index is 1130. The normalized spacial score (nSPS) is 16.3. The first-order chi connectivity index (χ1) is 16.6. The van der Waals surface area contributed by atoms with Crippen LogP contribution < -0.4 is 4.74 Å². The van der Waals surface area contributed by atoms with Crippen molar-refractivity contribution >= 4 is 29.3 Å². The molecule has 178 valence electrons. The Morgan fingerprint density at radius 2 is 1.85 bits per heavy atom. The van der Waals surface area contributed by atoms with Gasteiger partial charge in [0.2, 0.25) is 5.91 Å². The number of para-hydroxylation sites is 1. The minimum Gasteiger partial charge on any atom is -0.484 e. The molecule has 2 fully saturated rings. The lowest BCUT2D eigenvalue weighted by Gasteiger charge is -2.29. The zero-order valence-electron chi connectivity index (χ0n) is 19.3. The molecule has 5 rings (SSSR count). The molecule has 2 aliphatic carbocycles. The summed E-state index contributed by atoms with van der Waals surface area (Å²) in [4.78, 5) is 15.4. The van der Waals surface area contributed by atoms with Gasteiger partial charge < -0.3 is 9.64 Å². The van der Waals surface area contributed by atoms with Gasteiger partial charge in [-0.25, -0.2) is 0 Å². The lowest BCUT2D eigenvalue weighted by atomic mass is 10.1. The van der Waals surface area contributed by atoms with E-state index in [2.05, 4.69) is 33.8 Å². The average molecular weight is 497 g/mol. The van der Waals surface area contributed by atoms with Gasteiger partial charge in [0.1, 0.15) is 12.4 Å². The molecular weight excluding hydrogens is 468 g/mol. The highest BCUT2D eigenvalue weighted by Crippen LogP contribution is 2.40. The highest BCUT2D eigenvalue weighted by molar-refractivity contribution is 7.99. The number of halogens is 1. The van der Waals surface area contributed by atoms with Gasteiger partial charge in [-0.1, -0.05) is 65.8 Å². The van der Waals surface area contributed by atoms with Crippen LogP contribution in [0.1, 0.15) is 50.0 Å². The van der Waals surface area contributed by atoms with Crippen LogP contribution in [-0.4, -0.2) is 37.4 Å². The first-order valence-electron chi connectivity index (χ1n) is 11.9. The second-order valence-corrected chi connectivity index (χ2v) is 10.4. The highest BCUT2D eigenvalue weighted by Gasteiger charge is 2.35. The summed E-state index contributed by atoms with van der Waals surface area (Å²) in [6.45, 7) is 3.12. The van der Waals surface area contributed by atoms with Crippen molar-refractivity contribution < 1.29 is 9.53 Å². The van der Waals surface area contributed by atoms with Crippen LogP contribution in [0.25, 0.3) is 0 Å². The van der Waals surface area contributed by atoms with Crippen LogP contribution in [0.3, 0.4) is 0 Å². The van der Waals surface area contributed by atoms with Gasteiger partial charge in [0.05, 0.1) is 10.8 Å². The highest BCUT2D eigenvalue weighted by atomic mass is 35.5. The number of carbonyl (C=O) groups is 1. The van der Waals surface area contributed by atoms with Gasteiger partial charge in [-0.2, -0.15) is 0 Å². The largest absolute Gasteiger partial charge is 0.484 e. The van der Waals surface area contributed by atoms with Crippen molar-refractivity contribution in [3.05, 3.63) is 71.0 Å². The molecular formula is C26H29ClN4O2S. The molecule has 6 nitrogen and oxygen atoms in total. The molecule has 1 amide bonds. The number of ether oxygens (including phenoxy) is 1. The van der Waals surface area contributed by atoms with E-state index in [9.17, 15) is 4.79 Å². The topological polar surface area (TPSA) is 60.3 Å². The van der Waals surface area contributed by atoms with Gasteiger partial charge in [-0.15, -0.1) is 10.2 Å². The van der Waals surface area contributed by atoms with Gasteiger partial charge in [0.15, 0.2) is 11.0 Å². The first kappa shape index (κ1) is 23.2. The molecule has 3 aromatic rings. The van der Waals surface area contributed by atoms with Gasteiger partial charge in [-0.3, -0.25) is 9.36 Å². The van der Waals surface area contributed by atoms with E-state index < -0.39 is 0 Å². The van der Waals surface area contributed by atoms with Crippen molar-refractivity contribution in [2.24, 2.45) is 5.92 Å². The SMILES string of the molecule is C[C@@H](C1CC1)N(Cc1ccccc1)C(=O)CSc1nnc(COc2ccccc2Cl)n1C1CC1. The maximum atomic E-state index is 13.4. The minimum absolute atomic E-state index is 0.146. The summed E-state index contributed by atoms with van der Waals surface area (Å²) >= 11 is 7.69. The molecule has 0 unspecified atom stereocenters. The number of benzene rings is 2. The summed E-state index contributed by atoms with van der Waals surface area (Å²) in [5, 5.41) is 10.2. The zero-order chi connectivity index (χ0) is 23.5. The Morgan fingerprint density at radius 1 is 1.12 bits per heavy atom. The smallest absolute Gasteiger partial charge is 0.233 e. The van der Waals surface area contributed by atoms with Crippen LogP contribution in [0.2, 0.25) is 5.02 Å². The average Bonchev–Trinajstić information content (AvgIpc) is 3.79. The fourth-order valence-electron chi connectivity index (χ4n) is 4.19. The van der Waals surface area contributed by atoms with Crippen LogP contribution in [0.4, 0.5) is 0 Å². The molecule has 0 aliphatic heterocycles. The lowest BCUT2D eigenvalue weighted by molar-refractivity contribution is -0.131. The molecule has 1 aromatic heterocycles. The summed E-state index contributed by atoms with van der Waals surface area (Å²) in [5.74, 6) is 2.50. The van der Waals surface area contributed by atoms with Crippen LogP contribution in [0.5, 0.6) is 5.75 Å². The summed E-state index contributed by atoms with van der Waals surface area (Å²) in [7, 11) is 0. The van der Waals surface area contributed by atoms with Crippen molar-refractivity contribution in [1.29, 1.82) is 0 Å². The van der Waals surface area contributed by atoms with E-state index in [1.165, 1.54) is 24.6 Å². The monoisotopic (exact) mass is 496 g/mol. The lowest BCUT2D eigenvalue weighted by Crippen LogP contribution is -2.40. The van der Waals surface area contributed by atoms with E-state index in [0.717, 1.165) is 29.4 Å². The third kappa shape index (κ3) is 5.58. The predicted octanol–water partition coefficient (Wildman–Crippen LogP) is 5.76. The molecule has 0 bridgehead atoms. The number of hydrogen-bond acceptors (Lipinski definition) is 5. The fourth-order valence-corrected chi connectivity index (χ4v) is 5.29. The standard InChI is InChI=1S/C26H29ClN4O2S/c1-18(20-11-12-20)30(15-19-7-3-2-4-8-19)25(32)17-34-26-29-28-24(31(26)21-13-14-21)16-33-23-10-6-5-9-22(23)27/h2-10,18,20-21H,11-17H2,1H3/t18-/m0/s1. The number of aromatic nitrogens is 3. The van der Waals surface area contributed by atoms with Crippen molar-refractivity contribution in [2.45, 2.75) is 63.0 Å². The molecule has 2 aliphatic rings. The molecule has 1 atom stereocenters. The predicted molar refractivity (Wildman–Crippen MR) is 134 cm³/mol. The Morgan fingerprint density at radius 3 is 2.56 bits per heavy atom. The third-order valence-corrected chi connectivity index (χ3v) is 7.72. The van der Waals surface area contributed by atoms with Crippen LogP contribution >= 0.6 is 23.4 Å². The van der Waals surface area contributed by atoms with E-state index in [-0.39, 0.29) is 11.9 Å². The molecule has 0 spiro atoms. The molecule has 1 heterocycles. The van der Waals surface area contributed by atoms with Gasteiger partial charge in [0, 0.05) is 18.6 Å². The molecule has 0 N–H and O–H groups in total. The van der Waals surface area contributed by atoms with Gasteiger partial charge >= 0.3 is 0 Å². The van der Waals surface area contributed by atoms with Crippen LogP contribution in [0, 0.1) is 5.92 Å². The Labute approximate surface area is 209 Å². The summed E-state index contributed by atoms with van der Waals surface area (Å²) in [6.07, 6.45) is 4.60. The molecule has 2 saturated carbocycles. The van der Waals surface area contributed by atoms with Crippen LogP contribution in [0.15, 0.2) is 59.8 Å². The molecule has 8 heteroatoms. The summed E-state index contributed by atoms with van der Waals surface area (Å²) < 4.78 is 8.05. The van der Waals surface area contributed by atoms with Crippen molar-refractivity contribution in [2.75, 3.05) is 5.75 Å². The summed E-state index contributed by atoms with van der Waals surface area (Å²) in [5.41, 5.74) is 1.16. The molecule has 2 aromatic carbocycles. The fraction of sp³-hybridized carbons (Fsp3) is 0.423. The molecule has 0 saturated heterocycles. The van der Waals surface area contributed by atoms with Crippen molar-refractivity contribution in [1.82, 2.24) is 19.7 Å². The second kappa shape index (κ2) is 10.4. The van der Waals surface area contributed by atoms with Crippen molar-refractivity contribution in [3.63, 3.8) is 0 Å². The third-order valence-electron chi connectivity index (χ3n) is 6.48. The Balaban J connectivity index is 1.26. The number of rotatable bonds is 11. The van der Waals surface area contributed by atoms with Gasteiger partial charge in [-0.05, 0) is 56.2 Å². The van der Waals surface area contributed by atoms with Crippen LogP contribution in [-0.2, 0) is 17.9 Å². The Kier molecular flexibility index (Phi) is 7.11. The number of amides is 1. The number of nitrogens with zero attached hydrogens (tertiary/aromatic N) is 4. The quantitative estimate of drug-likeness (QED) is 0.315. The maximum absolute atomic E-state index is 13.4. The van der Waals surface area contributed by atoms with E-state index in [0.29, 0.717) is 41.6 Å².